The molecule has 0 unspecified atom stereocenters. The van der Waals surface area contributed by atoms with Crippen molar-refractivity contribution in [2.75, 3.05) is 6.61 Å². The van der Waals surface area contributed by atoms with E-state index in [2.05, 4.69) is 5.32 Å². The molecule has 0 spiro atoms. The highest BCUT2D eigenvalue weighted by atomic mass is 35.5. The van der Waals surface area contributed by atoms with Gasteiger partial charge in [0.15, 0.2) is 6.61 Å². The van der Waals surface area contributed by atoms with Gasteiger partial charge in [-0.3, -0.25) is 4.79 Å². The van der Waals surface area contributed by atoms with Crippen molar-refractivity contribution in [3.05, 3.63) is 77.3 Å². The highest BCUT2D eigenvalue weighted by molar-refractivity contribution is 6.30. The van der Waals surface area contributed by atoms with Gasteiger partial charge in [-0.1, -0.05) is 54.1 Å². The molecular weight excluding hydrogens is 310 g/mol. The SMILES string of the molecule is O=C(COc1ccc2ccccc2c1)NCc1ccc(Cl)cc1. The van der Waals surface area contributed by atoms with Crippen LogP contribution >= 0.6 is 11.6 Å². The van der Waals surface area contributed by atoms with Gasteiger partial charge in [0.2, 0.25) is 0 Å². The van der Waals surface area contributed by atoms with E-state index in [1.54, 1.807) is 12.1 Å². The number of amides is 1. The monoisotopic (exact) mass is 325 g/mol. The number of halogens is 1. The number of fused-ring (bicyclic) bond motifs is 1. The number of carbonyl (C=O) groups excluding carboxylic acids is 1. The lowest BCUT2D eigenvalue weighted by molar-refractivity contribution is -0.123. The molecule has 0 heterocycles. The molecule has 4 heteroatoms. The van der Waals surface area contributed by atoms with E-state index in [-0.39, 0.29) is 12.5 Å². The number of carbonyl (C=O) groups is 1. The normalized spacial score (nSPS) is 10.5. The molecule has 0 fully saturated rings. The third-order valence-corrected chi connectivity index (χ3v) is 3.75. The first-order valence-electron chi connectivity index (χ1n) is 7.33. The minimum Gasteiger partial charge on any atom is -0.484 e. The van der Waals surface area contributed by atoms with Crippen molar-refractivity contribution < 1.29 is 9.53 Å². The van der Waals surface area contributed by atoms with Gasteiger partial charge < -0.3 is 10.1 Å². The summed E-state index contributed by atoms with van der Waals surface area (Å²) in [4.78, 5) is 11.9. The van der Waals surface area contributed by atoms with Gasteiger partial charge >= 0.3 is 0 Å². The van der Waals surface area contributed by atoms with Crippen LogP contribution in [-0.4, -0.2) is 12.5 Å². The second-order valence-corrected chi connectivity index (χ2v) is 5.64. The van der Waals surface area contributed by atoms with Crippen LogP contribution in [0.5, 0.6) is 5.75 Å². The molecule has 0 radical (unpaired) electrons. The summed E-state index contributed by atoms with van der Waals surface area (Å²) in [6, 6.07) is 21.2. The number of benzene rings is 3. The summed E-state index contributed by atoms with van der Waals surface area (Å²) in [5.74, 6) is 0.526. The Morgan fingerprint density at radius 1 is 0.957 bits per heavy atom. The van der Waals surface area contributed by atoms with Crippen LogP contribution in [0.25, 0.3) is 10.8 Å². The van der Waals surface area contributed by atoms with E-state index in [1.807, 2.05) is 54.6 Å². The van der Waals surface area contributed by atoms with Crippen molar-refractivity contribution in [1.82, 2.24) is 5.32 Å². The highest BCUT2D eigenvalue weighted by Gasteiger charge is 2.04. The van der Waals surface area contributed by atoms with Gasteiger partial charge in [-0.25, -0.2) is 0 Å². The molecule has 0 atom stereocenters. The third kappa shape index (κ3) is 4.24. The molecule has 0 saturated carbocycles. The zero-order valence-electron chi connectivity index (χ0n) is 12.5. The molecule has 1 N–H and O–H groups in total. The third-order valence-electron chi connectivity index (χ3n) is 3.49. The predicted octanol–water partition coefficient (Wildman–Crippen LogP) is 4.19. The van der Waals surface area contributed by atoms with Crippen LogP contribution in [0.2, 0.25) is 5.02 Å². The first-order valence-corrected chi connectivity index (χ1v) is 7.71. The van der Waals surface area contributed by atoms with Gasteiger partial charge in [0.1, 0.15) is 5.75 Å². The molecule has 23 heavy (non-hydrogen) atoms. The number of ether oxygens (including phenoxy) is 1. The molecule has 0 aliphatic heterocycles. The smallest absolute Gasteiger partial charge is 0.258 e. The average Bonchev–Trinajstić information content (AvgIpc) is 2.59. The molecule has 3 aromatic carbocycles. The fraction of sp³-hybridized carbons (Fsp3) is 0.105. The molecule has 0 saturated heterocycles. The summed E-state index contributed by atoms with van der Waals surface area (Å²) in [6.45, 7) is 0.447. The van der Waals surface area contributed by atoms with E-state index in [0.717, 1.165) is 16.3 Å². The zero-order valence-corrected chi connectivity index (χ0v) is 13.2. The molecular formula is C19H16ClNO2. The Kier molecular flexibility index (Phi) is 4.79. The largest absolute Gasteiger partial charge is 0.484 e. The zero-order chi connectivity index (χ0) is 16.1. The second-order valence-electron chi connectivity index (χ2n) is 5.20. The van der Waals surface area contributed by atoms with Crippen LogP contribution < -0.4 is 10.1 Å². The van der Waals surface area contributed by atoms with E-state index in [0.29, 0.717) is 17.3 Å². The Labute approximate surface area is 139 Å². The molecule has 3 rings (SSSR count). The van der Waals surface area contributed by atoms with E-state index < -0.39 is 0 Å². The van der Waals surface area contributed by atoms with Crippen molar-refractivity contribution >= 4 is 28.3 Å². The summed E-state index contributed by atoms with van der Waals surface area (Å²) in [6.07, 6.45) is 0. The summed E-state index contributed by atoms with van der Waals surface area (Å²) in [7, 11) is 0. The van der Waals surface area contributed by atoms with Crippen LogP contribution in [0.15, 0.2) is 66.7 Å². The maximum atomic E-state index is 11.9. The summed E-state index contributed by atoms with van der Waals surface area (Å²) < 4.78 is 5.55. The van der Waals surface area contributed by atoms with Crippen LogP contribution in [0.3, 0.4) is 0 Å². The average molecular weight is 326 g/mol. The van der Waals surface area contributed by atoms with Gasteiger partial charge in [0, 0.05) is 11.6 Å². The van der Waals surface area contributed by atoms with E-state index >= 15 is 0 Å². The molecule has 116 valence electrons. The van der Waals surface area contributed by atoms with Crippen molar-refractivity contribution in [2.45, 2.75) is 6.54 Å². The minimum atomic E-state index is -0.159. The summed E-state index contributed by atoms with van der Waals surface area (Å²) in [5, 5.41) is 5.73. The molecule has 0 aliphatic rings. The summed E-state index contributed by atoms with van der Waals surface area (Å²) in [5.41, 5.74) is 0.994. The van der Waals surface area contributed by atoms with Gasteiger partial charge in [-0.2, -0.15) is 0 Å². The lowest BCUT2D eigenvalue weighted by atomic mass is 10.1. The number of hydrogen-bond donors (Lipinski definition) is 1. The number of rotatable bonds is 5. The minimum absolute atomic E-state index is 0.00801. The fourth-order valence-corrected chi connectivity index (χ4v) is 2.39. The van der Waals surface area contributed by atoms with E-state index in [9.17, 15) is 4.79 Å². The predicted molar refractivity (Wildman–Crippen MR) is 92.7 cm³/mol. The Morgan fingerprint density at radius 2 is 1.70 bits per heavy atom. The number of hydrogen-bond acceptors (Lipinski definition) is 2. The van der Waals surface area contributed by atoms with Gasteiger partial charge in [-0.05, 0) is 40.6 Å². The van der Waals surface area contributed by atoms with Gasteiger partial charge in [0.25, 0.3) is 5.91 Å². The first kappa shape index (κ1) is 15.4. The molecule has 3 nitrogen and oxygen atoms in total. The number of nitrogens with one attached hydrogen (secondary N) is 1. The molecule has 0 aromatic heterocycles. The fourth-order valence-electron chi connectivity index (χ4n) is 2.26. The standard InChI is InChI=1S/C19H16ClNO2/c20-17-8-5-14(6-9-17)12-21-19(22)13-23-18-10-7-15-3-1-2-4-16(15)11-18/h1-11H,12-13H2,(H,21,22). The first-order chi connectivity index (χ1) is 11.2. The van der Waals surface area contributed by atoms with Crippen molar-refractivity contribution in [2.24, 2.45) is 0 Å². The lowest BCUT2D eigenvalue weighted by Gasteiger charge is -2.08. The topological polar surface area (TPSA) is 38.3 Å². The molecule has 0 bridgehead atoms. The molecule has 3 aromatic rings. The van der Waals surface area contributed by atoms with Crippen molar-refractivity contribution in [3.63, 3.8) is 0 Å². The Morgan fingerprint density at radius 3 is 2.48 bits per heavy atom. The maximum absolute atomic E-state index is 11.9. The van der Waals surface area contributed by atoms with E-state index in [4.69, 9.17) is 16.3 Å². The van der Waals surface area contributed by atoms with Crippen LogP contribution in [0.1, 0.15) is 5.56 Å². The Bertz CT molecular complexity index is 815. The Balaban J connectivity index is 1.52. The highest BCUT2D eigenvalue weighted by Crippen LogP contribution is 2.20. The summed E-state index contributed by atoms with van der Waals surface area (Å²) >= 11 is 5.83. The van der Waals surface area contributed by atoms with Crippen LogP contribution in [0.4, 0.5) is 0 Å². The lowest BCUT2D eigenvalue weighted by Crippen LogP contribution is -2.28. The van der Waals surface area contributed by atoms with Crippen LogP contribution in [-0.2, 0) is 11.3 Å². The van der Waals surface area contributed by atoms with Gasteiger partial charge in [-0.15, -0.1) is 0 Å². The molecule has 1 amide bonds. The van der Waals surface area contributed by atoms with Gasteiger partial charge in [0.05, 0.1) is 0 Å². The Hall–Kier alpha value is -2.52. The molecule has 0 aliphatic carbocycles. The van der Waals surface area contributed by atoms with Crippen LogP contribution in [0, 0.1) is 0 Å². The van der Waals surface area contributed by atoms with Crippen molar-refractivity contribution in [3.8, 4) is 5.75 Å². The maximum Gasteiger partial charge on any atom is 0.258 e. The second kappa shape index (κ2) is 7.16. The quantitative estimate of drug-likeness (QED) is 0.764. The van der Waals surface area contributed by atoms with Crippen molar-refractivity contribution in [1.29, 1.82) is 0 Å². The van der Waals surface area contributed by atoms with E-state index in [1.165, 1.54) is 0 Å².